The van der Waals surface area contributed by atoms with E-state index in [1.807, 2.05) is 17.0 Å². The van der Waals surface area contributed by atoms with Gasteiger partial charge >= 0.3 is 5.97 Å². The van der Waals surface area contributed by atoms with E-state index in [-0.39, 0.29) is 5.97 Å². The average Bonchev–Trinajstić information content (AvgIpc) is 2.44. The highest BCUT2D eigenvalue weighted by molar-refractivity contribution is 9.10. The number of nitrogens with zero attached hydrogens (tertiary/aromatic N) is 3. The van der Waals surface area contributed by atoms with Gasteiger partial charge in [0.15, 0.2) is 0 Å². The fraction of sp³-hybridized carbons (Fsp3) is 0.462. The van der Waals surface area contributed by atoms with Gasteiger partial charge in [0.2, 0.25) is 0 Å². The molecule has 0 amide bonds. The lowest BCUT2D eigenvalue weighted by Crippen LogP contribution is -2.34. The van der Waals surface area contributed by atoms with Gasteiger partial charge in [0, 0.05) is 38.4 Å². The molecule has 0 saturated heterocycles. The van der Waals surface area contributed by atoms with Crippen molar-refractivity contribution in [1.82, 2.24) is 9.88 Å². The first-order valence-electron chi connectivity index (χ1n) is 5.87. The van der Waals surface area contributed by atoms with Crippen LogP contribution in [-0.2, 0) is 16.1 Å². The number of hydrogen-bond acceptors (Lipinski definition) is 5. The van der Waals surface area contributed by atoms with Crippen LogP contribution in [-0.4, -0.2) is 40.9 Å². The first-order chi connectivity index (χ1) is 9.17. The fourth-order valence-electron chi connectivity index (χ4n) is 1.62. The molecule has 0 aliphatic heterocycles. The van der Waals surface area contributed by atoms with Crippen molar-refractivity contribution in [2.75, 3.05) is 20.2 Å². The smallest absolute Gasteiger partial charge is 0.320 e. The molecule has 5 nitrogen and oxygen atoms in total. The van der Waals surface area contributed by atoms with Gasteiger partial charge in [-0.1, -0.05) is 22.0 Å². The van der Waals surface area contributed by atoms with Crippen LogP contribution in [0.2, 0.25) is 0 Å². The molecule has 0 aliphatic carbocycles. The molecular weight excluding hydrogens is 310 g/mol. The van der Waals surface area contributed by atoms with E-state index in [2.05, 4.69) is 31.7 Å². The zero-order valence-corrected chi connectivity index (χ0v) is 12.3. The standard InChI is InChI=1S/C13H16BrN3O2/c1-19-13(18)12(14)10-17(7-3-5-15)9-11-4-2-6-16-8-11/h2,4,6,8,12H,3,7,9-10H2,1H3. The van der Waals surface area contributed by atoms with Crippen LogP contribution in [0.1, 0.15) is 12.0 Å². The van der Waals surface area contributed by atoms with Crippen LogP contribution in [0.3, 0.4) is 0 Å². The molecule has 0 bridgehead atoms. The lowest BCUT2D eigenvalue weighted by Gasteiger charge is -2.22. The van der Waals surface area contributed by atoms with E-state index in [1.54, 1.807) is 12.4 Å². The van der Waals surface area contributed by atoms with Crippen LogP contribution in [0.4, 0.5) is 0 Å². The maximum absolute atomic E-state index is 11.4. The maximum atomic E-state index is 11.4. The molecule has 1 heterocycles. The van der Waals surface area contributed by atoms with Gasteiger partial charge in [-0.25, -0.2) is 0 Å². The van der Waals surface area contributed by atoms with E-state index in [0.717, 1.165) is 5.56 Å². The van der Waals surface area contributed by atoms with Crippen molar-refractivity contribution >= 4 is 21.9 Å². The Morgan fingerprint density at radius 2 is 2.47 bits per heavy atom. The molecule has 1 aromatic rings. The Bertz CT molecular complexity index is 433. The average molecular weight is 326 g/mol. The largest absolute Gasteiger partial charge is 0.468 e. The summed E-state index contributed by atoms with van der Waals surface area (Å²) in [5.41, 5.74) is 1.05. The van der Waals surface area contributed by atoms with E-state index in [1.165, 1.54) is 7.11 Å². The first-order valence-corrected chi connectivity index (χ1v) is 6.79. The molecule has 0 aliphatic rings. The molecule has 6 heteroatoms. The van der Waals surface area contributed by atoms with Gasteiger partial charge in [-0.3, -0.25) is 14.7 Å². The van der Waals surface area contributed by atoms with E-state index in [9.17, 15) is 4.79 Å². The first kappa shape index (κ1) is 15.6. The van der Waals surface area contributed by atoms with Crippen molar-refractivity contribution in [3.8, 4) is 6.07 Å². The van der Waals surface area contributed by atoms with E-state index in [4.69, 9.17) is 5.26 Å². The molecule has 1 atom stereocenters. The normalized spacial score (nSPS) is 11.9. The van der Waals surface area contributed by atoms with Crippen molar-refractivity contribution in [2.24, 2.45) is 0 Å². The van der Waals surface area contributed by atoms with Crippen molar-refractivity contribution in [1.29, 1.82) is 5.26 Å². The van der Waals surface area contributed by atoms with Crippen LogP contribution in [0, 0.1) is 11.3 Å². The fourth-order valence-corrected chi connectivity index (χ4v) is 2.22. The van der Waals surface area contributed by atoms with Crippen molar-refractivity contribution < 1.29 is 9.53 Å². The number of esters is 1. The Balaban J connectivity index is 2.61. The molecule has 0 fully saturated rings. The number of ether oxygens (including phenoxy) is 1. The third-order valence-corrected chi connectivity index (χ3v) is 3.21. The van der Waals surface area contributed by atoms with Crippen LogP contribution in [0.5, 0.6) is 0 Å². The molecule has 0 spiro atoms. The van der Waals surface area contributed by atoms with Crippen LogP contribution < -0.4 is 0 Å². The number of carbonyl (C=O) groups is 1. The Hall–Kier alpha value is -1.45. The molecule has 0 saturated carbocycles. The SMILES string of the molecule is COC(=O)C(Br)CN(CCC#N)Cc1cccnc1. The Kier molecular flexibility index (Phi) is 7.08. The summed E-state index contributed by atoms with van der Waals surface area (Å²) in [4.78, 5) is 17.1. The summed E-state index contributed by atoms with van der Waals surface area (Å²) in [7, 11) is 1.36. The highest BCUT2D eigenvalue weighted by Crippen LogP contribution is 2.09. The van der Waals surface area contributed by atoms with Gasteiger partial charge in [-0.2, -0.15) is 5.26 Å². The third-order valence-electron chi connectivity index (χ3n) is 2.54. The summed E-state index contributed by atoms with van der Waals surface area (Å²) >= 11 is 3.29. The van der Waals surface area contributed by atoms with Gasteiger partial charge in [-0.15, -0.1) is 0 Å². The summed E-state index contributed by atoms with van der Waals surface area (Å²) in [6.45, 7) is 1.74. The second-order valence-corrected chi connectivity index (χ2v) is 5.10. The molecule has 0 radical (unpaired) electrons. The van der Waals surface area contributed by atoms with Gasteiger partial charge in [0.05, 0.1) is 13.2 Å². The third kappa shape index (κ3) is 5.81. The Labute approximate surface area is 121 Å². The van der Waals surface area contributed by atoms with Crippen LogP contribution >= 0.6 is 15.9 Å². The van der Waals surface area contributed by atoms with Gasteiger partial charge < -0.3 is 4.74 Å². The van der Waals surface area contributed by atoms with Crippen molar-refractivity contribution in [2.45, 2.75) is 17.8 Å². The topological polar surface area (TPSA) is 66.2 Å². The molecule has 1 aromatic heterocycles. The monoisotopic (exact) mass is 325 g/mol. The summed E-state index contributed by atoms with van der Waals surface area (Å²) < 4.78 is 4.68. The lowest BCUT2D eigenvalue weighted by atomic mass is 10.2. The van der Waals surface area contributed by atoms with Crippen LogP contribution in [0.15, 0.2) is 24.5 Å². The number of rotatable bonds is 7. The number of hydrogen-bond donors (Lipinski definition) is 0. The van der Waals surface area contributed by atoms with Crippen LogP contribution in [0.25, 0.3) is 0 Å². The number of methoxy groups -OCH3 is 1. The van der Waals surface area contributed by atoms with E-state index >= 15 is 0 Å². The number of halogens is 1. The van der Waals surface area contributed by atoms with Gasteiger partial charge in [-0.05, 0) is 11.6 Å². The second kappa shape index (κ2) is 8.62. The summed E-state index contributed by atoms with van der Waals surface area (Å²) in [5, 5.41) is 8.68. The zero-order valence-electron chi connectivity index (χ0n) is 10.8. The number of carbonyl (C=O) groups excluding carboxylic acids is 1. The lowest BCUT2D eigenvalue weighted by molar-refractivity contribution is -0.140. The van der Waals surface area contributed by atoms with Gasteiger partial charge in [0.1, 0.15) is 4.83 Å². The van der Waals surface area contributed by atoms with E-state index < -0.39 is 4.83 Å². The molecule has 0 aromatic carbocycles. The van der Waals surface area contributed by atoms with E-state index in [0.29, 0.717) is 26.1 Å². The number of alkyl halides is 1. The predicted octanol–water partition coefficient (Wildman–Crippen LogP) is 1.73. The Morgan fingerprint density at radius 3 is 3.05 bits per heavy atom. The zero-order chi connectivity index (χ0) is 14.1. The molecule has 1 rings (SSSR count). The maximum Gasteiger partial charge on any atom is 0.320 e. The van der Waals surface area contributed by atoms with Crippen molar-refractivity contribution in [3.63, 3.8) is 0 Å². The number of aromatic nitrogens is 1. The minimum absolute atomic E-state index is 0.312. The summed E-state index contributed by atoms with van der Waals surface area (Å²) in [6, 6.07) is 5.94. The highest BCUT2D eigenvalue weighted by atomic mass is 79.9. The minimum atomic E-state index is -0.395. The quantitative estimate of drug-likeness (QED) is 0.564. The summed E-state index contributed by atoms with van der Waals surface area (Å²) in [5.74, 6) is -0.312. The molecule has 1 unspecified atom stereocenters. The minimum Gasteiger partial charge on any atom is -0.468 e. The highest BCUT2D eigenvalue weighted by Gasteiger charge is 2.19. The molecule has 19 heavy (non-hydrogen) atoms. The molecule has 102 valence electrons. The number of nitriles is 1. The Morgan fingerprint density at radius 1 is 1.68 bits per heavy atom. The molecular formula is C13H16BrN3O2. The van der Waals surface area contributed by atoms with Gasteiger partial charge in [0.25, 0.3) is 0 Å². The number of pyridine rings is 1. The second-order valence-electron chi connectivity index (χ2n) is 4.00. The molecule has 0 N–H and O–H groups in total. The van der Waals surface area contributed by atoms with Crippen molar-refractivity contribution in [3.05, 3.63) is 30.1 Å². The summed E-state index contributed by atoms with van der Waals surface area (Å²) in [6.07, 6.45) is 3.91. The predicted molar refractivity (Wildman–Crippen MR) is 74.5 cm³/mol.